The van der Waals surface area contributed by atoms with Crippen LogP contribution >= 0.6 is 0 Å². The molecule has 1 aliphatic carbocycles. The second-order valence-electron chi connectivity index (χ2n) is 7.15. The quantitative estimate of drug-likeness (QED) is 0.697. The smallest absolute Gasteiger partial charge is 0.416 e. The molecule has 2 rings (SSSR count). The summed E-state index contributed by atoms with van der Waals surface area (Å²) in [6.07, 6.45) is 1.65. The molecule has 0 aliphatic heterocycles. The van der Waals surface area contributed by atoms with Gasteiger partial charge in [0.25, 0.3) is 0 Å². The zero-order valence-electron chi connectivity index (χ0n) is 16.4. The van der Waals surface area contributed by atoms with Crippen molar-refractivity contribution < 1.29 is 27.4 Å². The molecule has 1 aromatic rings. The average molecular weight is 397 g/mol. The number of carbonyl (C=O) groups is 1. The van der Waals surface area contributed by atoms with Crippen molar-refractivity contribution in [2.45, 2.75) is 38.8 Å². The van der Waals surface area contributed by atoms with Gasteiger partial charge in [0, 0.05) is 19.4 Å². The molecule has 0 saturated carbocycles. The average Bonchev–Trinajstić information content (AvgIpc) is 2.66. The summed E-state index contributed by atoms with van der Waals surface area (Å²) in [6, 6.07) is 4.91. The molecular weight excluding hydrogens is 371 g/mol. The third kappa shape index (κ3) is 6.04. The summed E-state index contributed by atoms with van der Waals surface area (Å²) >= 11 is 0. The molecule has 7 heteroatoms. The predicted molar refractivity (Wildman–Crippen MR) is 100 cm³/mol. The van der Waals surface area contributed by atoms with Gasteiger partial charge in [-0.25, -0.2) is 0 Å². The molecule has 0 saturated heterocycles. The summed E-state index contributed by atoms with van der Waals surface area (Å²) in [4.78, 5) is 12.0. The van der Waals surface area contributed by atoms with E-state index in [2.05, 4.69) is 18.3 Å². The Kier molecular flexibility index (Phi) is 7.16. The molecule has 1 aromatic carbocycles. The Morgan fingerprint density at radius 2 is 1.86 bits per heavy atom. The second-order valence-corrected chi connectivity index (χ2v) is 7.15. The Labute approximate surface area is 163 Å². The molecule has 0 fully saturated rings. The molecule has 0 radical (unpaired) electrons. The number of hydrogen-bond acceptors (Lipinski definition) is 3. The molecule has 0 spiro atoms. The van der Waals surface area contributed by atoms with Crippen molar-refractivity contribution in [2.24, 2.45) is 5.41 Å². The first-order valence-corrected chi connectivity index (χ1v) is 9.10. The Morgan fingerprint density at radius 1 is 1.18 bits per heavy atom. The van der Waals surface area contributed by atoms with Gasteiger partial charge in [0.2, 0.25) is 5.91 Å². The topological polar surface area (TPSA) is 47.6 Å². The van der Waals surface area contributed by atoms with Crippen LogP contribution in [0.4, 0.5) is 13.2 Å². The molecule has 1 N–H and O–H groups in total. The van der Waals surface area contributed by atoms with Crippen LogP contribution in [0.5, 0.6) is 0 Å². The van der Waals surface area contributed by atoms with Gasteiger partial charge in [-0.3, -0.25) is 4.79 Å². The largest absolute Gasteiger partial charge is 0.497 e. The van der Waals surface area contributed by atoms with E-state index in [0.29, 0.717) is 30.7 Å². The van der Waals surface area contributed by atoms with Gasteiger partial charge in [0.1, 0.15) is 5.76 Å². The molecule has 1 aliphatic rings. The molecular formula is C21H26F3NO3. The molecule has 154 valence electrons. The SMILES string of the molecule is COC1=C(OC)CC(C)(CCNC(=O)CCc2ccc(C(F)(F)F)cc2)C=C1. The number of aryl methyl sites for hydroxylation is 1. The van der Waals surface area contributed by atoms with Crippen LogP contribution in [0.1, 0.15) is 37.3 Å². The Morgan fingerprint density at radius 3 is 2.43 bits per heavy atom. The fourth-order valence-corrected chi connectivity index (χ4v) is 3.10. The number of methoxy groups -OCH3 is 2. The van der Waals surface area contributed by atoms with Crippen LogP contribution in [-0.2, 0) is 26.9 Å². The third-order valence-electron chi connectivity index (χ3n) is 4.88. The van der Waals surface area contributed by atoms with Gasteiger partial charge in [-0.1, -0.05) is 25.1 Å². The molecule has 28 heavy (non-hydrogen) atoms. The predicted octanol–water partition coefficient (Wildman–Crippen LogP) is 4.61. The fourth-order valence-electron chi connectivity index (χ4n) is 3.10. The van der Waals surface area contributed by atoms with Crippen molar-refractivity contribution in [3.05, 3.63) is 59.1 Å². The lowest BCUT2D eigenvalue weighted by atomic mass is 9.79. The van der Waals surface area contributed by atoms with Crippen LogP contribution in [0.15, 0.2) is 47.9 Å². The maximum Gasteiger partial charge on any atom is 0.416 e. The Hall–Kier alpha value is -2.44. The van der Waals surface area contributed by atoms with Crippen molar-refractivity contribution in [3.63, 3.8) is 0 Å². The minimum Gasteiger partial charge on any atom is -0.497 e. The van der Waals surface area contributed by atoms with Crippen molar-refractivity contribution in [1.82, 2.24) is 5.32 Å². The van der Waals surface area contributed by atoms with E-state index in [0.717, 1.165) is 24.3 Å². The maximum absolute atomic E-state index is 12.6. The van der Waals surface area contributed by atoms with Crippen molar-refractivity contribution in [2.75, 3.05) is 20.8 Å². The number of carbonyl (C=O) groups excluding carboxylic acids is 1. The van der Waals surface area contributed by atoms with E-state index in [-0.39, 0.29) is 17.7 Å². The summed E-state index contributed by atoms with van der Waals surface area (Å²) in [7, 11) is 3.20. The molecule has 0 bridgehead atoms. The molecule has 0 heterocycles. The monoisotopic (exact) mass is 397 g/mol. The first-order chi connectivity index (χ1) is 13.2. The number of ether oxygens (including phenoxy) is 2. The van der Waals surface area contributed by atoms with Gasteiger partial charge in [0.05, 0.1) is 19.8 Å². The first-order valence-electron chi connectivity index (χ1n) is 9.10. The highest BCUT2D eigenvalue weighted by atomic mass is 19.4. The third-order valence-corrected chi connectivity index (χ3v) is 4.88. The summed E-state index contributed by atoms with van der Waals surface area (Å²) in [5.41, 5.74) is -0.128. The van der Waals surface area contributed by atoms with E-state index in [1.54, 1.807) is 14.2 Å². The van der Waals surface area contributed by atoms with E-state index in [4.69, 9.17) is 9.47 Å². The van der Waals surface area contributed by atoms with E-state index in [1.165, 1.54) is 12.1 Å². The Balaban J connectivity index is 1.76. The molecule has 1 atom stereocenters. The minimum absolute atomic E-state index is 0.122. The van der Waals surface area contributed by atoms with Gasteiger partial charge in [0.15, 0.2) is 5.76 Å². The van der Waals surface area contributed by atoms with Crippen LogP contribution in [0.25, 0.3) is 0 Å². The lowest BCUT2D eigenvalue weighted by Crippen LogP contribution is -2.30. The van der Waals surface area contributed by atoms with E-state index in [9.17, 15) is 18.0 Å². The van der Waals surface area contributed by atoms with Gasteiger partial charge < -0.3 is 14.8 Å². The minimum atomic E-state index is -4.35. The van der Waals surface area contributed by atoms with Gasteiger partial charge in [-0.2, -0.15) is 13.2 Å². The second kappa shape index (κ2) is 9.17. The number of hydrogen-bond donors (Lipinski definition) is 1. The number of rotatable bonds is 8. The van der Waals surface area contributed by atoms with Crippen LogP contribution in [0, 0.1) is 5.41 Å². The molecule has 0 aromatic heterocycles. The summed E-state index contributed by atoms with van der Waals surface area (Å²) in [5, 5.41) is 2.88. The number of allylic oxidation sites excluding steroid dienone is 3. The van der Waals surface area contributed by atoms with Gasteiger partial charge in [-0.15, -0.1) is 0 Å². The van der Waals surface area contributed by atoms with E-state index in [1.807, 2.05) is 6.08 Å². The first kappa shape index (κ1) is 21.9. The number of nitrogens with one attached hydrogen (secondary N) is 1. The maximum atomic E-state index is 12.6. The Bertz CT molecular complexity index is 738. The number of alkyl halides is 3. The number of halogens is 3. The number of benzene rings is 1. The number of amides is 1. The lowest BCUT2D eigenvalue weighted by Gasteiger charge is -2.30. The van der Waals surface area contributed by atoms with Crippen LogP contribution in [-0.4, -0.2) is 26.7 Å². The van der Waals surface area contributed by atoms with Crippen LogP contribution in [0.3, 0.4) is 0 Å². The molecule has 1 amide bonds. The molecule has 4 nitrogen and oxygen atoms in total. The van der Waals surface area contributed by atoms with Crippen LogP contribution < -0.4 is 5.32 Å². The summed E-state index contributed by atoms with van der Waals surface area (Å²) < 4.78 is 48.3. The summed E-state index contributed by atoms with van der Waals surface area (Å²) in [6.45, 7) is 2.59. The highest BCUT2D eigenvalue weighted by Gasteiger charge is 2.30. The fraction of sp³-hybridized carbons (Fsp3) is 0.476. The molecule has 1 unspecified atom stereocenters. The summed E-state index contributed by atoms with van der Waals surface area (Å²) in [5.74, 6) is 1.37. The van der Waals surface area contributed by atoms with Gasteiger partial charge >= 0.3 is 6.18 Å². The zero-order valence-corrected chi connectivity index (χ0v) is 16.4. The van der Waals surface area contributed by atoms with E-state index >= 15 is 0 Å². The normalized spacial score (nSPS) is 19.5. The van der Waals surface area contributed by atoms with Crippen molar-refractivity contribution in [1.29, 1.82) is 0 Å². The highest BCUT2D eigenvalue weighted by Crippen LogP contribution is 2.37. The lowest BCUT2D eigenvalue weighted by molar-refractivity contribution is -0.137. The standard InChI is InChI=1S/C21H26F3NO3/c1-20(11-10-17(27-2)18(14-20)28-3)12-13-25-19(26)9-6-15-4-7-16(8-5-15)21(22,23)24/h4-5,7-8,10-11H,6,9,12-14H2,1-3H3,(H,25,26). The van der Waals surface area contributed by atoms with Crippen molar-refractivity contribution >= 4 is 5.91 Å². The van der Waals surface area contributed by atoms with E-state index < -0.39 is 11.7 Å². The van der Waals surface area contributed by atoms with Crippen LogP contribution in [0.2, 0.25) is 0 Å². The van der Waals surface area contributed by atoms with Crippen molar-refractivity contribution in [3.8, 4) is 0 Å². The zero-order chi connectivity index (χ0) is 20.8. The highest BCUT2D eigenvalue weighted by molar-refractivity contribution is 5.76. The van der Waals surface area contributed by atoms with Gasteiger partial charge in [-0.05, 0) is 42.0 Å².